The number of carbonyl (C=O) groups excluding carboxylic acids is 1. The van der Waals surface area contributed by atoms with Crippen LogP contribution in [-0.2, 0) is 13.9 Å². The summed E-state index contributed by atoms with van der Waals surface area (Å²) in [6.07, 6.45) is -3.06. The summed E-state index contributed by atoms with van der Waals surface area (Å²) in [5, 5.41) is 18.1. The first-order valence-corrected chi connectivity index (χ1v) is 5.08. The summed E-state index contributed by atoms with van der Waals surface area (Å²) >= 11 is 0. The van der Waals surface area contributed by atoms with Crippen molar-refractivity contribution in [1.29, 1.82) is 0 Å². The fourth-order valence-corrected chi connectivity index (χ4v) is 0.956. The number of phosphoric acid groups is 1. The molecule has 0 aliphatic rings. The molecule has 0 aliphatic carbocycles. The van der Waals surface area contributed by atoms with Gasteiger partial charge in [0.2, 0.25) is 0 Å². The van der Waals surface area contributed by atoms with Gasteiger partial charge in [-0.15, -0.1) is 0 Å². The van der Waals surface area contributed by atoms with Crippen molar-refractivity contribution in [3.05, 3.63) is 0 Å². The van der Waals surface area contributed by atoms with E-state index in [-0.39, 0.29) is 6.29 Å². The molecule has 6 N–H and O–H groups in total. The third-order valence-electron chi connectivity index (χ3n) is 1.36. The molecule has 84 valence electrons. The standard InChI is InChI=1S/C5H12NO7P/c6-3(1-7)5(9)4(8)2-13-14(10,11)12/h1,3-5,8-9H,2,6H2,(H2,10,11,12)/t3-,4+,5-/m0/s1. The number of phosphoric ester groups is 1. The minimum absolute atomic E-state index is 0.200. The van der Waals surface area contributed by atoms with Crippen LogP contribution < -0.4 is 5.73 Å². The molecule has 8 nitrogen and oxygen atoms in total. The van der Waals surface area contributed by atoms with E-state index in [2.05, 4.69) is 4.52 Å². The van der Waals surface area contributed by atoms with Gasteiger partial charge in [0.25, 0.3) is 0 Å². The molecule has 3 atom stereocenters. The monoisotopic (exact) mass is 229 g/mol. The number of rotatable bonds is 6. The molecule has 0 spiro atoms. The summed E-state index contributed by atoms with van der Waals surface area (Å²) in [5.41, 5.74) is 5.03. The van der Waals surface area contributed by atoms with E-state index in [0.717, 1.165) is 0 Å². The van der Waals surface area contributed by atoms with Crippen molar-refractivity contribution < 1.29 is 33.9 Å². The Labute approximate surface area is 79.5 Å². The summed E-state index contributed by atoms with van der Waals surface area (Å²) in [4.78, 5) is 26.5. The first-order chi connectivity index (χ1) is 6.28. The Balaban J connectivity index is 4.02. The highest BCUT2D eigenvalue weighted by Gasteiger charge is 2.26. The van der Waals surface area contributed by atoms with Crippen molar-refractivity contribution in [3.63, 3.8) is 0 Å². The molecule has 0 bridgehead atoms. The minimum atomic E-state index is -4.70. The van der Waals surface area contributed by atoms with E-state index in [1.165, 1.54) is 0 Å². The van der Waals surface area contributed by atoms with E-state index in [1.54, 1.807) is 0 Å². The van der Waals surface area contributed by atoms with Gasteiger partial charge in [0.1, 0.15) is 18.5 Å². The van der Waals surface area contributed by atoms with E-state index in [0.29, 0.717) is 0 Å². The first-order valence-electron chi connectivity index (χ1n) is 3.55. The number of aliphatic hydroxyl groups excluding tert-OH is 2. The average Bonchev–Trinajstić information content (AvgIpc) is 2.10. The van der Waals surface area contributed by atoms with Gasteiger partial charge in [0.15, 0.2) is 0 Å². The zero-order chi connectivity index (χ0) is 11.4. The lowest BCUT2D eigenvalue weighted by Crippen LogP contribution is -2.45. The lowest BCUT2D eigenvalue weighted by Gasteiger charge is -2.19. The number of hydrogen-bond donors (Lipinski definition) is 5. The van der Waals surface area contributed by atoms with Crippen LogP contribution in [0.15, 0.2) is 0 Å². The van der Waals surface area contributed by atoms with Gasteiger partial charge in [-0.3, -0.25) is 4.52 Å². The summed E-state index contributed by atoms with van der Waals surface area (Å²) in [6.45, 7) is -0.813. The van der Waals surface area contributed by atoms with Crippen LogP contribution in [0, 0.1) is 0 Å². The van der Waals surface area contributed by atoms with Crippen molar-refractivity contribution in [3.8, 4) is 0 Å². The van der Waals surface area contributed by atoms with Gasteiger partial charge >= 0.3 is 7.82 Å². The van der Waals surface area contributed by atoms with E-state index < -0.39 is 32.7 Å². The molecule has 0 rings (SSSR count). The maximum atomic E-state index is 10.2. The highest BCUT2D eigenvalue weighted by atomic mass is 31.2. The van der Waals surface area contributed by atoms with Crippen molar-refractivity contribution in [2.75, 3.05) is 6.61 Å². The molecule has 0 aromatic heterocycles. The van der Waals surface area contributed by atoms with E-state index in [1.807, 2.05) is 0 Å². The summed E-state index contributed by atoms with van der Waals surface area (Å²) in [7, 11) is -4.70. The zero-order valence-corrected chi connectivity index (χ0v) is 7.95. The van der Waals surface area contributed by atoms with Crippen LogP contribution >= 0.6 is 7.82 Å². The molecule has 0 saturated heterocycles. The first kappa shape index (κ1) is 13.7. The topological polar surface area (TPSA) is 150 Å². The van der Waals surface area contributed by atoms with Crippen molar-refractivity contribution in [1.82, 2.24) is 0 Å². The maximum Gasteiger partial charge on any atom is 0.469 e. The SMILES string of the molecule is N[C@@H](C=O)[C@H](O)[C@H](O)COP(=O)(O)O. The molecular formula is C5H12NO7P. The van der Waals surface area contributed by atoms with Crippen LogP contribution in [0.25, 0.3) is 0 Å². The molecular weight excluding hydrogens is 217 g/mol. The van der Waals surface area contributed by atoms with E-state index in [4.69, 9.17) is 25.7 Å². The molecule has 0 fully saturated rings. The van der Waals surface area contributed by atoms with Crippen molar-refractivity contribution >= 4 is 14.1 Å². The van der Waals surface area contributed by atoms with Crippen LogP contribution in [0.4, 0.5) is 0 Å². The third kappa shape index (κ3) is 5.40. The largest absolute Gasteiger partial charge is 0.469 e. The molecule has 0 aromatic rings. The number of aldehydes is 1. The molecule has 0 aliphatic heterocycles. The highest BCUT2D eigenvalue weighted by Crippen LogP contribution is 2.35. The van der Waals surface area contributed by atoms with Gasteiger partial charge in [0, 0.05) is 0 Å². The molecule has 0 heterocycles. The Bertz CT molecular complexity index is 228. The third-order valence-corrected chi connectivity index (χ3v) is 1.84. The lowest BCUT2D eigenvalue weighted by molar-refractivity contribution is -0.113. The molecule has 0 amide bonds. The molecule has 14 heavy (non-hydrogen) atoms. The second-order valence-corrected chi connectivity index (χ2v) is 3.80. The maximum absolute atomic E-state index is 10.2. The van der Waals surface area contributed by atoms with Crippen LogP contribution in [0.1, 0.15) is 0 Å². The van der Waals surface area contributed by atoms with Gasteiger partial charge in [-0.25, -0.2) is 4.57 Å². The molecule has 9 heteroatoms. The summed E-state index contributed by atoms with van der Waals surface area (Å²) < 4.78 is 14.1. The molecule has 0 aromatic carbocycles. The van der Waals surface area contributed by atoms with Gasteiger partial charge < -0.3 is 30.5 Å². The Kier molecular flexibility index (Phi) is 5.38. The fraction of sp³-hybridized carbons (Fsp3) is 0.800. The Morgan fingerprint density at radius 1 is 1.43 bits per heavy atom. The normalized spacial score (nSPS) is 18.6. The predicted octanol–water partition coefficient (Wildman–Crippen LogP) is -2.66. The van der Waals surface area contributed by atoms with Crippen LogP contribution in [-0.4, -0.2) is 51.1 Å². The second kappa shape index (κ2) is 5.52. The van der Waals surface area contributed by atoms with Crippen molar-refractivity contribution in [2.45, 2.75) is 18.2 Å². The van der Waals surface area contributed by atoms with Gasteiger partial charge in [-0.05, 0) is 0 Å². The Morgan fingerprint density at radius 3 is 2.29 bits per heavy atom. The predicted molar refractivity (Wildman–Crippen MR) is 44.0 cm³/mol. The highest BCUT2D eigenvalue weighted by molar-refractivity contribution is 7.46. The lowest BCUT2D eigenvalue weighted by atomic mass is 10.1. The number of hydrogen-bond acceptors (Lipinski definition) is 6. The summed E-state index contributed by atoms with van der Waals surface area (Å²) in [6, 6.07) is -1.33. The molecule has 0 saturated carbocycles. The van der Waals surface area contributed by atoms with Crippen LogP contribution in [0.2, 0.25) is 0 Å². The van der Waals surface area contributed by atoms with Crippen LogP contribution in [0.3, 0.4) is 0 Å². The number of nitrogens with two attached hydrogens (primary N) is 1. The summed E-state index contributed by atoms with van der Waals surface area (Å²) in [5.74, 6) is 0. The van der Waals surface area contributed by atoms with Gasteiger partial charge in [-0.2, -0.15) is 0 Å². The van der Waals surface area contributed by atoms with Crippen LogP contribution in [0.5, 0.6) is 0 Å². The van der Waals surface area contributed by atoms with Crippen molar-refractivity contribution in [2.24, 2.45) is 5.73 Å². The Hall–Kier alpha value is -0.340. The number of carbonyl (C=O) groups is 1. The van der Waals surface area contributed by atoms with E-state index in [9.17, 15) is 9.36 Å². The average molecular weight is 229 g/mol. The molecule has 0 unspecified atom stereocenters. The smallest absolute Gasteiger partial charge is 0.388 e. The zero-order valence-electron chi connectivity index (χ0n) is 7.05. The van der Waals surface area contributed by atoms with Gasteiger partial charge in [0.05, 0.1) is 12.6 Å². The number of aliphatic hydroxyl groups is 2. The molecule has 0 radical (unpaired) electrons. The quantitative estimate of drug-likeness (QED) is 0.244. The minimum Gasteiger partial charge on any atom is -0.388 e. The second-order valence-electron chi connectivity index (χ2n) is 2.56. The van der Waals surface area contributed by atoms with Gasteiger partial charge in [-0.1, -0.05) is 0 Å². The van der Waals surface area contributed by atoms with E-state index >= 15 is 0 Å². The fourth-order valence-electron chi connectivity index (χ4n) is 0.609. The Morgan fingerprint density at radius 2 is 1.93 bits per heavy atom.